The molecule has 2 aliphatic rings. The summed E-state index contributed by atoms with van der Waals surface area (Å²) < 4.78 is 5.22. The van der Waals surface area contributed by atoms with Gasteiger partial charge in [-0.05, 0) is 38.3 Å². The second-order valence-corrected chi connectivity index (χ2v) is 4.42. The molecule has 0 saturated carbocycles. The molecule has 2 atom stereocenters. The molecule has 0 bridgehead atoms. The van der Waals surface area contributed by atoms with Gasteiger partial charge < -0.3 is 10.1 Å². The number of hydrogen-bond acceptors (Lipinski definition) is 3. The molecule has 2 saturated heterocycles. The van der Waals surface area contributed by atoms with Crippen molar-refractivity contribution in [3.63, 3.8) is 0 Å². The molecule has 14 heavy (non-hydrogen) atoms. The van der Waals surface area contributed by atoms with E-state index in [1.165, 1.54) is 6.42 Å². The Labute approximate surface area is 85.2 Å². The Morgan fingerprint density at radius 1 is 1.43 bits per heavy atom. The molecule has 2 rings (SSSR count). The number of hydrogen-bond donors (Lipinski definition) is 1. The van der Waals surface area contributed by atoms with E-state index >= 15 is 0 Å². The van der Waals surface area contributed by atoms with Gasteiger partial charge in [0.05, 0.1) is 6.61 Å². The minimum atomic E-state index is 0.212. The summed E-state index contributed by atoms with van der Waals surface area (Å²) in [7, 11) is 0. The van der Waals surface area contributed by atoms with E-state index in [0.717, 1.165) is 44.9 Å². The predicted octanol–water partition coefficient (Wildman–Crippen LogP) is 0.982. The topological polar surface area (TPSA) is 38.3 Å². The lowest BCUT2D eigenvalue weighted by Gasteiger charge is -2.09. The van der Waals surface area contributed by atoms with Gasteiger partial charge >= 0.3 is 0 Å². The maximum Gasteiger partial charge on any atom is 0.138 e. The van der Waals surface area contributed by atoms with Crippen molar-refractivity contribution in [3.05, 3.63) is 0 Å². The van der Waals surface area contributed by atoms with Gasteiger partial charge in [-0.15, -0.1) is 0 Å². The van der Waals surface area contributed by atoms with Crippen molar-refractivity contribution < 1.29 is 9.53 Å². The first-order chi connectivity index (χ1) is 6.86. The van der Waals surface area contributed by atoms with Crippen molar-refractivity contribution in [3.8, 4) is 0 Å². The molecule has 0 aromatic rings. The molecule has 2 unspecified atom stereocenters. The second-order valence-electron chi connectivity index (χ2n) is 4.42. The van der Waals surface area contributed by atoms with Crippen molar-refractivity contribution in [2.24, 2.45) is 11.8 Å². The largest absolute Gasteiger partial charge is 0.381 e. The van der Waals surface area contributed by atoms with Crippen LogP contribution in [-0.4, -0.2) is 32.1 Å². The molecule has 0 aromatic carbocycles. The highest BCUT2D eigenvalue weighted by Gasteiger charge is 2.24. The zero-order valence-corrected chi connectivity index (χ0v) is 8.63. The van der Waals surface area contributed by atoms with Crippen LogP contribution >= 0.6 is 0 Å². The molecule has 0 amide bonds. The van der Waals surface area contributed by atoms with Gasteiger partial charge in [0, 0.05) is 18.9 Å². The first-order valence-electron chi connectivity index (χ1n) is 5.67. The van der Waals surface area contributed by atoms with Crippen LogP contribution in [0.15, 0.2) is 0 Å². The monoisotopic (exact) mass is 197 g/mol. The zero-order valence-electron chi connectivity index (χ0n) is 8.63. The maximum absolute atomic E-state index is 11.7. The number of rotatable bonds is 4. The first kappa shape index (κ1) is 10.1. The van der Waals surface area contributed by atoms with Gasteiger partial charge in [-0.1, -0.05) is 0 Å². The fraction of sp³-hybridized carbons (Fsp3) is 0.909. The van der Waals surface area contributed by atoms with Crippen LogP contribution in [-0.2, 0) is 9.53 Å². The van der Waals surface area contributed by atoms with Crippen molar-refractivity contribution in [1.82, 2.24) is 5.32 Å². The summed E-state index contributed by atoms with van der Waals surface area (Å²) in [5, 5.41) is 3.33. The van der Waals surface area contributed by atoms with Crippen LogP contribution in [0.1, 0.15) is 25.7 Å². The average Bonchev–Trinajstić information content (AvgIpc) is 2.87. The van der Waals surface area contributed by atoms with E-state index in [2.05, 4.69) is 5.32 Å². The summed E-state index contributed by atoms with van der Waals surface area (Å²) in [5.74, 6) is 1.38. The molecule has 3 nitrogen and oxygen atoms in total. The van der Waals surface area contributed by atoms with Crippen molar-refractivity contribution in [2.45, 2.75) is 25.7 Å². The van der Waals surface area contributed by atoms with Gasteiger partial charge in [0.15, 0.2) is 0 Å². The lowest BCUT2D eigenvalue weighted by atomic mass is 9.94. The zero-order chi connectivity index (χ0) is 9.80. The van der Waals surface area contributed by atoms with Crippen molar-refractivity contribution in [1.29, 1.82) is 0 Å². The number of carbonyl (C=O) groups is 1. The van der Waals surface area contributed by atoms with E-state index in [0.29, 0.717) is 12.4 Å². The van der Waals surface area contributed by atoms with Crippen LogP contribution < -0.4 is 5.32 Å². The van der Waals surface area contributed by atoms with Crippen LogP contribution in [0, 0.1) is 11.8 Å². The highest BCUT2D eigenvalue weighted by Crippen LogP contribution is 2.20. The molecule has 1 N–H and O–H groups in total. The lowest BCUT2D eigenvalue weighted by Crippen LogP contribution is -2.16. The van der Waals surface area contributed by atoms with Gasteiger partial charge in [0.25, 0.3) is 0 Å². The van der Waals surface area contributed by atoms with Crippen LogP contribution in [0.25, 0.3) is 0 Å². The smallest absolute Gasteiger partial charge is 0.138 e. The van der Waals surface area contributed by atoms with Gasteiger partial charge in [-0.3, -0.25) is 4.79 Å². The molecule has 0 radical (unpaired) electrons. The number of ether oxygens (including phenoxy) is 1. The Hall–Kier alpha value is -0.410. The Morgan fingerprint density at radius 2 is 2.36 bits per heavy atom. The predicted molar refractivity (Wildman–Crippen MR) is 54.1 cm³/mol. The maximum atomic E-state index is 11.7. The van der Waals surface area contributed by atoms with Gasteiger partial charge in [0.2, 0.25) is 0 Å². The normalized spacial score (nSPS) is 32.3. The molecule has 3 heteroatoms. The molecule has 2 aliphatic heterocycles. The minimum absolute atomic E-state index is 0.212. The summed E-state index contributed by atoms with van der Waals surface area (Å²) >= 11 is 0. The molecule has 0 aliphatic carbocycles. The van der Waals surface area contributed by atoms with Gasteiger partial charge in [0.1, 0.15) is 5.78 Å². The van der Waals surface area contributed by atoms with Crippen LogP contribution in [0.5, 0.6) is 0 Å². The summed E-state index contributed by atoms with van der Waals surface area (Å²) in [4.78, 5) is 11.7. The fourth-order valence-electron chi connectivity index (χ4n) is 2.30. The van der Waals surface area contributed by atoms with Gasteiger partial charge in [-0.25, -0.2) is 0 Å². The molecule has 80 valence electrons. The third kappa shape index (κ3) is 2.55. The SMILES string of the molecule is O=C(CCC1CCNC1)C1CCOC1. The molecule has 2 heterocycles. The van der Waals surface area contributed by atoms with Crippen molar-refractivity contribution >= 4 is 5.78 Å². The summed E-state index contributed by atoms with van der Waals surface area (Å²) in [6.07, 6.45) is 4.03. The van der Waals surface area contributed by atoms with E-state index in [-0.39, 0.29) is 5.92 Å². The lowest BCUT2D eigenvalue weighted by molar-refractivity contribution is -0.123. The minimum Gasteiger partial charge on any atom is -0.381 e. The first-order valence-corrected chi connectivity index (χ1v) is 5.67. The Kier molecular flexibility index (Phi) is 3.54. The molecular formula is C11H19NO2. The van der Waals surface area contributed by atoms with E-state index in [1.54, 1.807) is 0 Å². The van der Waals surface area contributed by atoms with Crippen LogP contribution in [0.4, 0.5) is 0 Å². The Morgan fingerprint density at radius 3 is 3.00 bits per heavy atom. The average molecular weight is 197 g/mol. The van der Waals surface area contributed by atoms with Crippen molar-refractivity contribution in [2.75, 3.05) is 26.3 Å². The quantitative estimate of drug-likeness (QED) is 0.730. The third-order valence-corrected chi connectivity index (χ3v) is 3.35. The highest BCUT2D eigenvalue weighted by molar-refractivity contribution is 5.81. The van der Waals surface area contributed by atoms with E-state index < -0.39 is 0 Å². The standard InChI is InChI=1S/C11H19NO2/c13-11(10-4-6-14-8-10)2-1-9-3-5-12-7-9/h9-10,12H,1-8H2. The molecular weight excluding hydrogens is 178 g/mol. The Balaban J connectivity index is 1.66. The number of ketones is 1. The van der Waals surface area contributed by atoms with E-state index in [4.69, 9.17) is 4.74 Å². The fourth-order valence-corrected chi connectivity index (χ4v) is 2.30. The summed E-state index contributed by atoms with van der Waals surface area (Å²) in [6, 6.07) is 0. The Bertz CT molecular complexity index is 193. The van der Waals surface area contributed by atoms with Crippen LogP contribution in [0.3, 0.4) is 0 Å². The second kappa shape index (κ2) is 4.89. The highest BCUT2D eigenvalue weighted by atomic mass is 16.5. The number of nitrogens with one attached hydrogen (secondary N) is 1. The van der Waals surface area contributed by atoms with E-state index in [9.17, 15) is 4.79 Å². The number of Topliss-reactive ketones (excluding diaryl/α,β-unsaturated/α-hetero) is 1. The molecule has 2 fully saturated rings. The summed E-state index contributed by atoms with van der Waals surface area (Å²) in [6.45, 7) is 3.68. The summed E-state index contributed by atoms with van der Waals surface area (Å²) in [5.41, 5.74) is 0. The number of carbonyl (C=O) groups excluding carboxylic acids is 1. The molecule has 0 aromatic heterocycles. The third-order valence-electron chi connectivity index (χ3n) is 3.35. The molecule has 0 spiro atoms. The van der Waals surface area contributed by atoms with Gasteiger partial charge in [-0.2, -0.15) is 0 Å². The van der Waals surface area contributed by atoms with Crippen LogP contribution in [0.2, 0.25) is 0 Å². The van der Waals surface area contributed by atoms with E-state index in [1.807, 2.05) is 0 Å².